The summed E-state index contributed by atoms with van der Waals surface area (Å²) in [5.74, 6) is 1.27. The number of thioether (sulfide) groups is 1. The van der Waals surface area contributed by atoms with E-state index >= 15 is 0 Å². The number of rotatable bonds is 8. The fourth-order valence-corrected chi connectivity index (χ4v) is 5.64. The average molecular weight is 466 g/mol. The molecule has 6 nitrogen and oxygen atoms in total. The Hall–Kier alpha value is -2.45. The fourth-order valence-electron chi connectivity index (χ4n) is 3.92. The Morgan fingerprint density at radius 3 is 2.50 bits per heavy atom. The van der Waals surface area contributed by atoms with Gasteiger partial charge in [-0.1, -0.05) is 53.9 Å². The Bertz CT molecular complexity index is 1060. The van der Waals surface area contributed by atoms with Gasteiger partial charge in [0, 0.05) is 28.9 Å². The first kappa shape index (κ1) is 21.4. The molecule has 1 aliphatic heterocycles. The minimum Gasteiger partial charge on any atom is -0.341 e. The molecule has 2 heterocycles. The zero-order valence-electron chi connectivity index (χ0n) is 17.9. The molecule has 1 saturated heterocycles. The minimum atomic E-state index is -0.0269. The first-order chi connectivity index (χ1) is 15.8. The first-order valence-electron chi connectivity index (χ1n) is 11.2. The van der Waals surface area contributed by atoms with Gasteiger partial charge in [0.05, 0.1) is 11.4 Å². The van der Waals surface area contributed by atoms with E-state index < -0.39 is 0 Å². The normalized spacial score (nSPS) is 16.2. The third kappa shape index (κ3) is 5.13. The van der Waals surface area contributed by atoms with Crippen LogP contribution < -0.4 is 10.2 Å². The van der Waals surface area contributed by atoms with Crippen molar-refractivity contribution in [1.82, 2.24) is 14.8 Å². The molecule has 1 amide bonds. The zero-order chi connectivity index (χ0) is 21.8. The monoisotopic (exact) mass is 465 g/mol. The summed E-state index contributed by atoms with van der Waals surface area (Å²) in [6.07, 6.45) is 6.05. The lowest BCUT2D eigenvalue weighted by Crippen LogP contribution is -2.32. The topological polar surface area (TPSA) is 63.1 Å². The fraction of sp³-hybridized carbons (Fsp3) is 0.375. The van der Waals surface area contributed by atoms with Crippen molar-refractivity contribution in [2.75, 3.05) is 29.1 Å². The number of piperidine rings is 1. The summed E-state index contributed by atoms with van der Waals surface area (Å²) in [6, 6.07) is 18.6. The first-order valence-corrected chi connectivity index (χ1v) is 13.0. The van der Waals surface area contributed by atoms with Crippen LogP contribution in [0.2, 0.25) is 0 Å². The van der Waals surface area contributed by atoms with Gasteiger partial charge in [0.15, 0.2) is 5.16 Å². The van der Waals surface area contributed by atoms with Gasteiger partial charge < -0.3 is 10.2 Å². The number of nitrogens with one attached hydrogen (secondary N) is 1. The van der Waals surface area contributed by atoms with E-state index in [-0.39, 0.29) is 5.91 Å². The van der Waals surface area contributed by atoms with Crippen molar-refractivity contribution in [3.8, 4) is 0 Å². The van der Waals surface area contributed by atoms with Crippen LogP contribution in [0.15, 0.2) is 69.5 Å². The highest BCUT2D eigenvalue weighted by Gasteiger charge is 2.32. The molecule has 0 bridgehead atoms. The Balaban J connectivity index is 1.24. The largest absolute Gasteiger partial charge is 0.341 e. The van der Waals surface area contributed by atoms with Crippen LogP contribution in [0.3, 0.4) is 0 Å². The Kier molecular flexibility index (Phi) is 6.69. The van der Waals surface area contributed by atoms with Gasteiger partial charge >= 0.3 is 0 Å². The summed E-state index contributed by atoms with van der Waals surface area (Å²) in [7, 11) is 0. The molecule has 32 heavy (non-hydrogen) atoms. The van der Waals surface area contributed by atoms with Crippen LogP contribution in [-0.4, -0.2) is 39.5 Å². The Morgan fingerprint density at radius 2 is 1.72 bits per heavy atom. The molecule has 166 valence electrons. The maximum atomic E-state index is 12.8. The lowest BCUT2D eigenvalue weighted by Gasteiger charge is -2.27. The predicted molar refractivity (Wildman–Crippen MR) is 131 cm³/mol. The van der Waals surface area contributed by atoms with Gasteiger partial charge in [-0.05, 0) is 56.4 Å². The van der Waals surface area contributed by atoms with Crippen LogP contribution in [0.4, 0.5) is 11.6 Å². The van der Waals surface area contributed by atoms with Gasteiger partial charge in [0.25, 0.3) is 0 Å². The van der Waals surface area contributed by atoms with Crippen molar-refractivity contribution >= 4 is 41.1 Å². The van der Waals surface area contributed by atoms with E-state index in [0.717, 1.165) is 39.7 Å². The van der Waals surface area contributed by atoms with Gasteiger partial charge in [-0.2, -0.15) is 0 Å². The second-order valence-corrected chi connectivity index (χ2v) is 10.2. The standard InChI is InChI=1S/C24H27N5OS2/c30-22(25-20-11-5-6-12-21(20)32-19-9-3-1-4-10-19)17-31-24-27-26-23(29(24)18-13-14-18)28-15-7-2-8-16-28/h1,3-6,9-12,18H,2,7-8,13-17H2,(H,25,30). The molecule has 1 saturated carbocycles. The number of carbonyl (C=O) groups is 1. The summed E-state index contributed by atoms with van der Waals surface area (Å²) < 4.78 is 2.27. The zero-order valence-corrected chi connectivity index (χ0v) is 19.6. The van der Waals surface area contributed by atoms with E-state index in [1.807, 2.05) is 42.5 Å². The third-order valence-corrected chi connectivity index (χ3v) is 7.69. The molecule has 1 N–H and O–H groups in total. The van der Waals surface area contributed by atoms with E-state index in [2.05, 4.69) is 37.1 Å². The van der Waals surface area contributed by atoms with Crippen molar-refractivity contribution < 1.29 is 4.79 Å². The number of aromatic nitrogens is 3. The van der Waals surface area contributed by atoms with Crippen molar-refractivity contribution in [1.29, 1.82) is 0 Å². The van der Waals surface area contributed by atoms with Crippen LogP contribution >= 0.6 is 23.5 Å². The number of hydrogen-bond acceptors (Lipinski definition) is 6. The minimum absolute atomic E-state index is 0.0269. The molecule has 0 atom stereocenters. The highest BCUT2D eigenvalue weighted by molar-refractivity contribution is 8.00. The number of hydrogen-bond donors (Lipinski definition) is 1. The average Bonchev–Trinajstić information content (AvgIpc) is 3.59. The second kappa shape index (κ2) is 10.0. The number of carbonyl (C=O) groups excluding carboxylic acids is 1. The van der Waals surface area contributed by atoms with Gasteiger partial charge in [0.2, 0.25) is 11.9 Å². The van der Waals surface area contributed by atoms with Crippen LogP contribution in [-0.2, 0) is 4.79 Å². The number of nitrogens with zero attached hydrogens (tertiary/aromatic N) is 4. The van der Waals surface area contributed by atoms with Gasteiger partial charge in [-0.3, -0.25) is 9.36 Å². The molecule has 2 aliphatic rings. The molecule has 0 unspecified atom stereocenters. The summed E-state index contributed by atoms with van der Waals surface area (Å²) in [5.41, 5.74) is 0.838. The van der Waals surface area contributed by atoms with E-state index in [1.54, 1.807) is 11.8 Å². The quantitative estimate of drug-likeness (QED) is 0.444. The summed E-state index contributed by atoms with van der Waals surface area (Å²) in [4.78, 5) is 17.3. The van der Waals surface area contributed by atoms with Crippen LogP contribution in [0.1, 0.15) is 38.1 Å². The van der Waals surface area contributed by atoms with Crippen molar-refractivity contribution in [3.05, 3.63) is 54.6 Å². The number of benzene rings is 2. The lowest BCUT2D eigenvalue weighted by molar-refractivity contribution is -0.113. The molecular formula is C24H27N5OS2. The van der Waals surface area contributed by atoms with Crippen LogP contribution in [0.5, 0.6) is 0 Å². The second-order valence-electron chi connectivity index (χ2n) is 8.18. The number of amides is 1. The highest BCUT2D eigenvalue weighted by Crippen LogP contribution is 2.41. The van der Waals surface area contributed by atoms with Crippen molar-refractivity contribution in [2.24, 2.45) is 0 Å². The Morgan fingerprint density at radius 1 is 0.969 bits per heavy atom. The van der Waals surface area contributed by atoms with Gasteiger partial charge in [-0.15, -0.1) is 10.2 Å². The third-order valence-electron chi connectivity index (χ3n) is 5.66. The molecule has 0 radical (unpaired) electrons. The predicted octanol–water partition coefficient (Wildman–Crippen LogP) is 5.49. The molecule has 8 heteroatoms. The van der Waals surface area contributed by atoms with E-state index in [4.69, 9.17) is 0 Å². The molecule has 1 aliphatic carbocycles. The Labute approximate surface area is 197 Å². The van der Waals surface area contributed by atoms with E-state index in [0.29, 0.717) is 11.8 Å². The van der Waals surface area contributed by atoms with E-state index in [9.17, 15) is 4.79 Å². The van der Waals surface area contributed by atoms with Crippen LogP contribution in [0, 0.1) is 0 Å². The maximum Gasteiger partial charge on any atom is 0.234 e. The SMILES string of the molecule is O=C(CSc1nnc(N2CCCCC2)n1C1CC1)Nc1ccccc1Sc1ccccc1. The van der Waals surface area contributed by atoms with Gasteiger partial charge in [-0.25, -0.2) is 0 Å². The van der Waals surface area contributed by atoms with Crippen molar-refractivity contribution in [3.63, 3.8) is 0 Å². The summed E-state index contributed by atoms with van der Waals surface area (Å²) >= 11 is 3.13. The number of para-hydroxylation sites is 1. The highest BCUT2D eigenvalue weighted by atomic mass is 32.2. The molecule has 3 aromatic rings. The van der Waals surface area contributed by atoms with Crippen LogP contribution in [0.25, 0.3) is 0 Å². The lowest BCUT2D eigenvalue weighted by atomic mass is 10.1. The number of anilines is 2. The summed E-state index contributed by atoms with van der Waals surface area (Å²) in [5, 5.41) is 12.9. The van der Waals surface area contributed by atoms with E-state index in [1.165, 1.54) is 43.9 Å². The maximum absolute atomic E-state index is 12.8. The molecule has 1 aromatic heterocycles. The van der Waals surface area contributed by atoms with Crippen molar-refractivity contribution in [2.45, 2.75) is 53.1 Å². The van der Waals surface area contributed by atoms with Gasteiger partial charge in [0.1, 0.15) is 0 Å². The summed E-state index contributed by atoms with van der Waals surface area (Å²) in [6.45, 7) is 2.09. The molecule has 2 fully saturated rings. The molecule has 0 spiro atoms. The smallest absolute Gasteiger partial charge is 0.234 e. The molecule has 2 aromatic carbocycles. The molecular weight excluding hydrogens is 438 g/mol. The molecule has 5 rings (SSSR count).